The number of aliphatic hydroxyl groups excluding tert-OH is 2. The first-order valence-corrected chi connectivity index (χ1v) is 15.9. The van der Waals surface area contributed by atoms with Gasteiger partial charge in [-0.2, -0.15) is 31.6 Å². The fraction of sp³-hybridized carbons (Fsp3) is 0.571. The molecule has 19 nitrogen and oxygen atoms in total. The van der Waals surface area contributed by atoms with Gasteiger partial charge in [0.25, 0.3) is 0 Å². The Morgan fingerprint density at radius 3 is 2.02 bits per heavy atom. The molecule has 0 saturated carbocycles. The quantitative estimate of drug-likeness (QED) is 0.121. The maximum Gasteiger partial charge on any atom is 0.490 e. The number of aliphatic hydroxyl groups is 2. The summed E-state index contributed by atoms with van der Waals surface area (Å²) in [5.74, 6) is -5.66. The minimum atomic E-state index is -5.08. The Kier molecular flexibility index (Phi) is 15.1. The standard InChI is InChI=1S/C17H29N9O6S2.2C2HF3O2/c1-11-10-26(5-4-25(11)6-7-27)13-2-3-14(34(31,32)20-9-12(28)8-18)16(33(19,29)30)15(13)17-21-23-24-22-17;2*3-2(4,5)1(6)7/h2-3,11-12,20,27-28H,4-10,18H2,1H3,(H2,19,29,30)(H,21,22,23,24);2*(H,6,7)/t11?,12-;;/m1../s1. The third kappa shape index (κ3) is 12.4. The molecule has 274 valence electrons. The van der Waals surface area contributed by atoms with Gasteiger partial charge in [0.15, 0.2) is 0 Å². The van der Waals surface area contributed by atoms with Gasteiger partial charge in [0.2, 0.25) is 25.9 Å². The molecule has 2 atom stereocenters. The molecule has 0 bridgehead atoms. The van der Waals surface area contributed by atoms with E-state index in [1.54, 1.807) is 0 Å². The molecule has 27 heteroatoms. The van der Waals surface area contributed by atoms with Crippen molar-refractivity contribution in [3.63, 3.8) is 0 Å². The Morgan fingerprint density at radius 2 is 1.62 bits per heavy atom. The van der Waals surface area contributed by atoms with Gasteiger partial charge in [0.1, 0.15) is 9.79 Å². The molecule has 1 aliphatic rings. The molecule has 2 aromatic rings. The zero-order valence-corrected chi connectivity index (χ0v) is 26.1. The predicted octanol–water partition coefficient (Wildman–Crippen LogP) is -2.12. The monoisotopic (exact) mass is 747 g/mol. The van der Waals surface area contributed by atoms with Crippen molar-refractivity contribution in [2.24, 2.45) is 10.9 Å². The summed E-state index contributed by atoms with van der Waals surface area (Å²) < 4.78 is 117. The normalized spacial score (nSPS) is 16.6. The van der Waals surface area contributed by atoms with Gasteiger partial charge in [0, 0.05) is 51.0 Å². The smallest absolute Gasteiger partial charge is 0.475 e. The lowest BCUT2D eigenvalue weighted by atomic mass is 10.1. The number of sulfonamides is 2. The zero-order chi connectivity index (χ0) is 37.3. The first kappa shape index (κ1) is 42.3. The fourth-order valence-electron chi connectivity index (χ4n) is 3.84. The van der Waals surface area contributed by atoms with Crippen LogP contribution in [-0.4, -0.2) is 145 Å². The molecule has 1 fully saturated rings. The third-order valence-electron chi connectivity index (χ3n) is 6.00. The van der Waals surface area contributed by atoms with Crippen LogP contribution in [0.25, 0.3) is 11.4 Å². The SMILES string of the molecule is CC1CN(c2ccc(S(=O)(=O)NC[C@H](O)CN)c(S(N)(=O)=O)c2-c2nn[nH]n2)CCN1CCO.O=C(O)C(F)(F)F.O=C(O)C(F)(F)F. The lowest BCUT2D eigenvalue weighted by Gasteiger charge is -2.41. The Bertz CT molecular complexity index is 1570. The summed E-state index contributed by atoms with van der Waals surface area (Å²) in [4.78, 5) is 20.4. The number of nitrogens with zero attached hydrogens (tertiary/aromatic N) is 5. The fourth-order valence-corrected chi connectivity index (χ4v) is 6.50. The van der Waals surface area contributed by atoms with Gasteiger partial charge in [-0.15, -0.1) is 10.2 Å². The average molecular weight is 748 g/mol. The van der Waals surface area contributed by atoms with E-state index < -0.39 is 66.8 Å². The van der Waals surface area contributed by atoms with Crippen molar-refractivity contribution >= 4 is 37.7 Å². The molecule has 0 aliphatic carbocycles. The number of hydrogen-bond acceptors (Lipinski definition) is 14. The van der Waals surface area contributed by atoms with E-state index in [1.807, 2.05) is 11.8 Å². The maximum absolute atomic E-state index is 13.0. The summed E-state index contributed by atoms with van der Waals surface area (Å²) in [6.45, 7) is 3.34. The van der Waals surface area contributed by atoms with Crippen LogP contribution in [0.15, 0.2) is 21.9 Å². The number of hydrogen-bond donors (Lipinski definition) is 8. The van der Waals surface area contributed by atoms with Gasteiger partial charge in [0.05, 0.1) is 18.3 Å². The molecular weight excluding hydrogens is 716 g/mol. The number of aromatic nitrogens is 4. The van der Waals surface area contributed by atoms with Crippen LogP contribution in [-0.2, 0) is 29.6 Å². The second-order valence-electron chi connectivity index (χ2n) is 9.47. The predicted molar refractivity (Wildman–Crippen MR) is 149 cm³/mol. The van der Waals surface area contributed by atoms with Crippen LogP contribution >= 0.6 is 0 Å². The number of rotatable bonds is 10. The molecule has 1 aliphatic heterocycles. The van der Waals surface area contributed by atoms with Crippen LogP contribution < -0.4 is 20.5 Å². The van der Waals surface area contributed by atoms with E-state index in [0.717, 1.165) is 6.07 Å². The number of carbonyl (C=O) groups is 2. The number of halogens is 6. The lowest BCUT2D eigenvalue weighted by molar-refractivity contribution is -0.193. The van der Waals surface area contributed by atoms with E-state index in [-0.39, 0.29) is 30.6 Å². The topological polar surface area (TPSA) is 308 Å². The van der Waals surface area contributed by atoms with E-state index in [2.05, 4.69) is 30.2 Å². The molecule has 0 spiro atoms. The van der Waals surface area contributed by atoms with E-state index in [1.165, 1.54) is 6.07 Å². The number of aromatic amines is 1. The van der Waals surface area contributed by atoms with E-state index in [9.17, 15) is 53.4 Å². The second-order valence-corrected chi connectivity index (χ2v) is 12.7. The van der Waals surface area contributed by atoms with Crippen molar-refractivity contribution in [3.05, 3.63) is 12.1 Å². The Labute approximate surface area is 267 Å². The minimum absolute atomic E-state index is 0.00637. The zero-order valence-electron chi connectivity index (χ0n) is 24.5. The molecule has 1 aromatic carbocycles. The highest BCUT2D eigenvalue weighted by Crippen LogP contribution is 2.39. The van der Waals surface area contributed by atoms with Gasteiger partial charge < -0.3 is 31.1 Å². The van der Waals surface area contributed by atoms with Crippen molar-refractivity contribution in [1.29, 1.82) is 0 Å². The number of piperazine rings is 1. The summed E-state index contributed by atoms with van der Waals surface area (Å²) in [7, 11) is -9.04. The van der Waals surface area contributed by atoms with Crippen molar-refractivity contribution in [1.82, 2.24) is 30.2 Å². The summed E-state index contributed by atoms with van der Waals surface area (Å²) in [6, 6.07) is 2.61. The highest BCUT2D eigenvalue weighted by Gasteiger charge is 2.39. The van der Waals surface area contributed by atoms with Crippen molar-refractivity contribution in [3.8, 4) is 11.4 Å². The molecule has 48 heavy (non-hydrogen) atoms. The number of benzene rings is 1. The van der Waals surface area contributed by atoms with E-state index in [4.69, 9.17) is 30.7 Å². The first-order chi connectivity index (χ1) is 21.9. The van der Waals surface area contributed by atoms with Crippen LogP contribution in [0.5, 0.6) is 0 Å². The van der Waals surface area contributed by atoms with E-state index >= 15 is 0 Å². The molecule has 10 N–H and O–H groups in total. The summed E-state index contributed by atoms with van der Waals surface area (Å²) in [5.41, 5.74) is 5.57. The summed E-state index contributed by atoms with van der Waals surface area (Å²) >= 11 is 0. The number of aliphatic carboxylic acids is 2. The largest absolute Gasteiger partial charge is 0.490 e. The average Bonchev–Trinajstić information content (AvgIpc) is 3.50. The number of β-amino-alcohol motifs (C(OH)–C–C–N with tert-alkyl or cyclic N) is 1. The minimum Gasteiger partial charge on any atom is -0.475 e. The number of carboxylic acid groups (broad SMARTS) is 2. The first-order valence-electron chi connectivity index (χ1n) is 12.9. The molecule has 1 unspecified atom stereocenters. The molecule has 1 aromatic heterocycles. The van der Waals surface area contributed by atoms with Gasteiger partial charge in [-0.05, 0) is 24.3 Å². The molecule has 0 radical (unpaired) electrons. The number of carboxylic acids is 2. The van der Waals surface area contributed by atoms with Crippen LogP contribution in [0.1, 0.15) is 6.92 Å². The Morgan fingerprint density at radius 1 is 1.08 bits per heavy atom. The van der Waals surface area contributed by atoms with Crippen LogP contribution in [0.2, 0.25) is 0 Å². The summed E-state index contributed by atoms with van der Waals surface area (Å²) in [6.07, 6.45) is -11.3. The molecular formula is C21H31F6N9O10S2. The number of H-pyrrole nitrogens is 1. The van der Waals surface area contributed by atoms with Crippen LogP contribution in [0, 0.1) is 0 Å². The number of nitrogens with two attached hydrogens (primary N) is 2. The summed E-state index contributed by atoms with van der Waals surface area (Å²) in [5, 5.41) is 52.2. The van der Waals surface area contributed by atoms with Crippen LogP contribution in [0.3, 0.4) is 0 Å². The van der Waals surface area contributed by atoms with Crippen molar-refractivity contribution in [2.75, 3.05) is 50.8 Å². The maximum atomic E-state index is 13.0. The van der Waals surface area contributed by atoms with Gasteiger partial charge in [-0.1, -0.05) is 0 Å². The molecule has 0 amide bonds. The van der Waals surface area contributed by atoms with Crippen LogP contribution in [0.4, 0.5) is 32.0 Å². The molecule has 3 rings (SSSR count). The highest BCUT2D eigenvalue weighted by atomic mass is 32.2. The number of primary sulfonamides is 1. The number of tetrazole rings is 1. The third-order valence-corrected chi connectivity index (χ3v) is 8.59. The lowest BCUT2D eigenvalue weighted by Crippen LogP contribution is -2.52. The van der Waals surface area contributed by atoms with E-state index in [0.29, 0.717) is 31.9 Å². The van der Waals surface area contributed by atoms with Gasteiger partial charge in [-0.3, -0.25) is 4.90 Å². The van der Waals surface area contributed by atoms with Gasteiger partial charge >= 0.3 is 24.3 Å². The second kappa shape index (κ2) is 17.1. The molecule has 2 heterocycles. The number of anilines is 1. The molecule has 1 saturated heterocycles. The number of alkyl halides is 6. The highest BCUT2D eigenvalue weighted by molar-refractivity contribution is 7.92. The van der Waals surface area contributed by atoms with Gasteiger partial charge in [-0.25, -0.2) is 36.3 Å². The Balaban J connectivity index is 0.000000687. The Hall–Kier alpha value is -3.73. The number of nitrogens with one attached hydrogen (secondary N) is 2. The van der Waals surface area contributed by atoms with Crippen molar-refractivity contribution in [2.45, 2.75) is 41.2 Å². The van der Waals surface area contributed by atoms with Crippen molar-refractivity contribution < 1.29 is 73.2 Å².